The van der Waals surface area contributed by atoms with Crippen LogP contribution in [0.1, 0.15) is 31.2 Å². The first-order valence-corrected chi connectivity index (χ1v) is 11.1. The largest absolute Gasteiger partial charge is 0.382 e. The van der Waals surface area contributed by atoms with Crippen molar-refractivity contribution in [2.24, 2.45) is 4.99 Å². The maximum Gasteiger partial charge on any atom is 0.191 e. The summed E-state index contributed by atoms with van der Waals surface area (Å²) >= 11 is 1.80. The molecule has 0 amide bonds. The van der Waals surface area contributed by atoms with Crippen molar-refractivity contribution in [3.05, 3.63) is 22.4 Å². The second-order valence-electron chi connectivity index (χ2n) is 6.81. The van der Waals surface area contributed by atoms with Crippen molar-refractivity contribution in [1.29, 1.82) is 0 Å². The van der Waals surface area contributed by atoms with Crippen LogP contribution >= 0.6 is 35.3 Å². The van der Waals surface area contributed by atoms with Gasteiger partial charge in [-0.1, -0.05) is 6.07 Å². The Bertz CT molecular complexity index is 548. The summed E-state index contributed by atoms with van der Waals surface area (Å²) < 4.78 is 16.2. The van der Waals surface area contributed by atoms with Crippen LogP contribution in [0.5, 0.6) is 0 Å². The highest BCUT2D eigenvalue weighted by atomic mass is 127. The Labute approximate surface area is 196 Å². The fraction of sp³-hybridized carbons (Fsp3) is 0.750. The third-order valence-corrected chi connectivity index (χ3v) is 5.51. The van der Waals surface area contributed by atoms with E-state index in [0.717, 1.165) is 58.3 Å². The van der Waals surface area contributed by atoms with Crippen molar-refractivity contribution in [1.82, 2.24) is 15.5 Å². The fourth-order valence-corrected chi connectivity index (χ4v) is 3.99. The molecule has 1 aromatic heterocycles. The summed E-state index contributed by atoms with van der Waals surface area (Å²) in [6.45, 7) is 11.3. The van der Waals surface area contributed by atoms with Gasteiger partial charge in [0.25, 0.3) is 0 Å². The normalized spacial score (nSPS) is 18.9. The molecule has 0 bridgehead atoms. The van der Waals surface area contributed by atoms with Crippen LogP contribution in [0.2, 0.25) is 0 Å². The number of nitrogens with zero attached hydrogens (tertiary/aromatic N) is 2. The molecule has 1 aliphatic heterocycles. The topological polar surface area (TPSA) is 67.4 Å². The van der Waals surface area contributed by atoms with E-state index < -0.39 is 0 Å². The van der Waals surface area contributed by atoms with E-state index in [1.54, 1.807) is 18.4 Å². The van der Waals surface area contributed by atoms with Crippen LogP contribution in [-0.4, -0.2) is 83.2 Å². The summed E-state index contributed by atoms with van der Waals surface area (Å²) in [5, 5.41) is 8.90. The molecule has 2 rings (SSSR count). The third kappa shape index (κ3) is 10.4. The maximum atomic E-state index is 5.72. The predicted molar refractivity (Wildman–Crippen MR) is 131 cm³/mol. The van der Waals surface area contributed by atoms with Gasteiger partial charge in [-0.15, -0.1) is 35.3 Å². The minimum atomic E-state index is 0. The molecule has 0 radical (unpaired) electrons. The highest BCUT2D eigenvalue weighted by molar-refractivity contribution is 14.0. The van der Waals surface area contributed by atoms with E-state index in [0.29, 0.717) is 19.3 Å². The summed E-state index contributed by atoms with van der Waals surface area (Å²) in [4.78, 5) is 8.73. The van der Waals surface area contributed by atoms with Crippen LogP contribution in [0.3, 0.4) is 0 Å². The molecular weight excluding hydrogens is 503 g/mol. The molecule has 1 fully saturated rings. The second-order valence-corrected chi connectivity index (χ2v) is 7.79. The number of rotatable bonds is 12. The summed E-state index contributed by atoms with van der Waals surface area (Å²) in [5.74, 6) is 0.863. The Morgan fingerprint density at radius 2 is 2.24 bits per heavy atom. The summed E-state index contributed by atoms with van der Waals surface area (Å²) in [6, 6.07) is 4.62. The van der Waals surface area contributed by atoms with E-state index in [1.165, 1.54) is 4.88 Å². The SMILES string of the molecule is CCNC(=NCC(c1cccs1)N1CCOC(C)C1)NCCCOCCOC.I. The van der Waals surface area contributed by atoms with Gasteiger partial charge < -0.3 is 24.8 Å². The first-order valence-electron chi connectivity index (χ1n) is 10.2. The molecule has 0 aliphatic carbocycles. The molecule has 29 heavy (non-hydrogen) atoms. The molecule has 0 aromatic carbocycles. The van der Waals surface area contributed by atoms with Gasteiger partial charge in [-0.05, 0) is 31.7 Å². The number of hydrogen-bond acceptors (Lipinski definition) is 6. The van der Waals surface area contributed by atoms with Gasteiger partial charge in [-0.2, -0.15) is 0 Å². The van der Waals surface area contributed by atoms with Gasteiger partial charge >= 0.3 is 0 Å². The maximum absolute atomic E-state index is 5.72. The van der Waals surface area contributed by atoms with E-state index in [4.69, 9.17) is 19.2 Å². The number of hydrogen-bond donors (Lipinski definition) is 2. The van der Waals surface area contributed by atoms with Crippen LogP contribution in [0.25, 0.3) is 0 Å². The molecular formula is C20H37IN4O3S. The van der Waals surface area contributed by atoms with Crippen molar-refractivity contribution in [3.8, 4) is 0 Å². The Kier molecular flexibility index (Phi) is 14.9. The van der Waals surface area contributed by atoms with Crippen LogP contribution < -0.4 is 10.6 Å². The number of thiophene rings is 1. The molecule has 2 unspecified atom stereocenters. The molecule has 1 saturated heterocycles. The molecule has 7 nitrogen and oxygen atoms in total. The van der Waals surface area contributed by atoms with Crippen molar-refractivity contribution in [2.75, 3.05) is 66.3 Å². The number of methoxy groups -OCH3 is 1. The van der Waals surface area contributed by atoms with Crippen molar-refractivity contribution < 1.29 is 14.2 Å². The minimum absolute atomic E-state index is 0. The molecule has 0 saturated carbocycles. The van der Waals surface area contributed by atoms with Gasteiger partial charge in [-0.3, -0.25) is 9.89 Å². The molecule has 2 N–H and O–H groups in total. The van der Waals surface area contributed by atoms with Gasteiger partial charge in [0, 0.05) is 44.8 Å². The molecule has 9 heteroatoms. The predicted octanol–water partition coefficient (Wildman–Crippen LogP) is 2.74. The minimum Gasteiger partial charge on any atom is -0.382 e. The average Bonchev–Trinajstić information content (AvgIpc) is 3.22. The summed E-state index contributed by atoms with van der Waals surface area (Å²) in [5.41, 5.74) is 0. The van der Waals surface area contributed by atoms with Gasteiger partial charge in [0.1, 0.15) is 0 Å². The lowest BCUT2D eigenvalue weighted by Crippen LogP contribution is -2.44. The lowest BCUT2D eigenvalue weighted by Gasteiger charge is -2.36. The smallest absolute Gasteiger partial charge is 0.191 e. The molecule has 2 atom stereocenters. The molecule has 1 aliphatic rings. The van der Waals surface area contributed by atoms with Crippen molar-refractivity contribution in [3.63, 3.8) is 0 Å². The zero-order valence-corrected chi connectivity index (χ0v) is 21.0. The average molecular weight is 541 g/mol. The van der Waals surface area contributed by atoms with Gasteiger partial charge in [0.15, 0.2) is 5.96 Å². The van der Waals surface area contributed by atoms with E-state index in [9.17, 15) is 0 Å². The number of ether oxygens (including phenoxy) is 3. The monoisotopic (exact) mass is 540 g/mol. The number of halogens is 1. The van der Waals surface area contributed by atoms with Crippen LogP contribution in [0.4, 0.5) is 0 Å². The zero-order valence-electron chi connectivity index (χ0n) is 17.9. The number of aliphatic imine (C=N–C) groups is 1. The van der Waals surface area contributed by atoms with E-state index in [2.05, 4.69) is 46.9 Å². The Hall–Kier alpha value is -0.460. The quantitative estimate of drug-likeness (QED) is 0.184. The summed E-state index contributed by atoms with van der Waals surface area (Å²) in [6.07, 6.45) is 1.20. The van der Waals surface area contributed by atoms with E-state index in [-0.39, 0.29) is 30.1 Å². The first kappa shape index (κ1) is 26.6. The van der Waals surface area contributed by atoms with Crippen molar-refractivity contribution >= 4 is 41.3 Å². The van der Waals surface area contributed by atoms with Crippen LogP contribution in [-0.2, 0) is 14.2 Å². The fourth-order valence-electron chi connectivity index (χ4n) is 3.14. The third-order valence-electron chi connectivity index (χ3n) is 4.54. The van der Waals surface area contributed by atoms with Crippen LogP contribution in [0, 0.1) is 0 Å². The second kappa shape index (κ2) is 16.3. The van der Waals surface area contributed by atoms with E-state index in [1.807, 2.05) is 0 Å². The zero-order chi connectivity index (χ0) is 20.0. The molecule has 168 valence electrons. The standard InChI is InChI=1S/C20H36N4O3S.HI/c1-4-21-20(22-8-6-10-26-13-12-25-3)23-15-18(19-7-5-14-28-19)24-9-11-27-17(2)16-24;/h5,7,14,17-18H,4,6,8-13,15-16H2,1-3H3,(H2,21,22,23);1H. The Morgan fingerprint density at radius 1 is 1.38 bits per heavy atom. The van der Waals surface area contributed by atoms with Crippen LogP contribution in [0.15, 0.2) is 22.5 Å². The number of nitrogens with one attached hydrogen (secondary N) is 2. The highest BCUT2D eigenvalue weighted by Crippen LogP contribution is 2.27. The highest BCUT2D eigenvalue weighted by Gasteiger charge is 2.26. The van der Waals surface area contributed by atoms with E-state index >= 15 is 0 Å². The number of guanidine groups is 1. The van der Waals surface area contributed by atoms with Gasteiger partial charge in [0.05, 0.1) is 38.5 Å². The lowest BCUT2D eigenvalue weighted by molar-refractivity contribution is -0.0327. The van der Waals surface area contributed by atoms with Gasteiger partial charge in [0.2, 0.25) is 0 Å². The first-order chi connectivity index (χ1) is 13.7. The molecule has 0 spiro atoms. The lowest BCUT2D eigenvalue weighted by atomic mass is 10.1. The Morgan fingerprint density at radius 3 is 2.93 bits per heavy atom. The Balaban J connectivity index is 0.00000420. The molecule has 1 aromatic rings. The molecule has 2 heterocycles. The summed E-state index contributed by atoms with van der Waals surface area (Å²) in [7, 11) is 1.69. The number of morpholine rings is 1. The van der Waals surface area contributed by atoms with Crippen molar-refractivity contribution in [2.45, 2.75) is 32.4 Å². The van der Waals surface area contributed by atoms with Gasteiger partial charge in [-0.25, -0.2) is 0 Å².